The van der Waals surface area contributed by atoms with Gasteiger partial charge in [-0.25, -0.2) is 0 Å². The number of nitrogens with zero attached hydrogens (tertiary/aromatic N) is 1. The Bertz CT molecular complexity index is 420. The van der Waals surface area contributed by atoms with Gasteiger partial charge in [-0.1, -0.05) is 19.1 Å². The first kappa shape index (κ1) is 16.3. The summed E-state index contributed by atoms with van der Waals surface area (Å²) in [6.45, 7) is 7.09. The minimum atomic E-state index is -4.25. The fourth-order valence-electron chi connectivity index (χ4n) is 2.57. The topological polar surface area (TPSA) is 15.3 Å². The van der Waals surface area contributed by atoms with E-state index in [1.807, 2.05) is 0 Å². The van der Waals surface area contributed by atoms with E-state index in [9.17, 15) is 13.2 Å². The first-order valence-corrected chi connectivity index (χ1v) is 7.54. The molecule has 0 atom stereocenters. The lowest BCUT2D eigenvalue weighted by molar-refractivity contribution is -0.137. The molecule has 1 aliphatic rings. The smallest absolute Gasteiger partial charge is 0.311 e. The van der Waals surface area contributed by atoms with E-state index in [1.165, 1.54) is 12.8 Å². The van der Waals surface area contributed by atoms with Crippen molar-refractivity contribution in [3.05, 3.63) is 35.4 Å². The van der Waals surface area contributed by atoms with E-state index in [2.05, 4.69) is 17.1 Å². The first-order valence-electron chi connectivity index (χ1n) is 7.54. The number of rotatable bonds is 5. The Kier molecular flexibility index (Phi) is 5.65. The lowest BCUT2D eigenvalue weighted by Crippen LogP contribution is -2.37. The van der Waals surface area contributed by atoms with Gasteiger partial charge in [-0.3, -0.25) is 0 Å². The highest BCUT2D eigenvalue weighted by Gasteiger charge is 2.29. The van der Waals surface area contributed by atoms with Crippen LogP contribution in [0.25, 0.3) is 0 Å². The van der Waals surface area contributed by atoms with Gasteiger partial charge in [0.15, 0.2) is 0 Å². The molecule has 0 spiro atoms. The first-order chi connectivity index (χ1) is 9.95. The summed E-state index contributed by atoms with van der Waals surface area (Å²) < 4.78 is 37.3. The zero-order valence-electron chi connectivity index (χ0n) is 12.4. The molecule has 1 aliphatic heterocycles. The monoisotopic (exact) mass is 300 g/mol. The predicted octanol–water partition coefficient (Wildman–Crippen LogP) is 3.53. The van der Waals surface area contributed by atoms with Crippen LogP contribution in [0.3, 0.4) is 0 Å². The summed E-state index contributed by atoms with van der Waals surface area (Å²) in [5.41, 5.74) is 0.295. The number of piperidine rings is 1. The maximum absolute atomic E-state index is 12.4. The van der Waals surface area contributed by atoms with Crippen LogP contribution in [0.15, 0.2) is 24.3 Å². The fourth-order valence-corrected chi connectivity index (χ4v) is 2.57. The maximum atomic E-state index is 12.4. The molecule has 118 valence electrons. The summed E-state index contributed by atoms with van der Waals surface area (Å²) in [7, 11) is 0. The molecule has 1 fully saturated rings. The Hall–Kier alpha value is -1.07. The molecule has 1 aromatic rings. The highest BCUT2D eigenvalue weighted by atomic mass is 19.4. The third kappa shape index (κ3) is 5.32. The van der Waals surface area contributed by atoms with Crippen LogP contribution < -0.4 is 5.32 Å². The Labute approximate surface area is 124 Å². The Morgan fingerprint density at radius 3 is 2.33 bits per heavy atom. The second-order valence-electron chi connectivity index (χ2n) is 5.90. The summed E-state index contributed by atoms with van der Waals surface area (Å²) in [6.07, 6.45) is -1.73. The van der Waals surface area contributed by atoms with Gasteiger partial charge in [-0.2, -0.15) is 13.2 Å². The molecule has 0 aliphatic carbocycles. The highest BCUT2D eigenvalue weighted by Crippen LogP contribution is 2.29. The second-order valence-corrected chi connectivity index (χ2v) is 5.90. The quantitative estimate of drug-likeness (QED) is 0.837. The van der Waals surface area contributed by atoms with Crippen molar-refractivity contribution >= 4 is 0 Å². The van der Waals surface area contributed by atoms with Crippen molar-refractivity contribution in [1.29, 1.82) is 0 Å². The van der Waals surface area contributed by atoms with Crippen molar-refractivity contribution in [2.75, 3.05) is 26.2 Å². The summed E-state index contributed by atoms with van der Waals surface area (Å²) >= 11 is 0. The molecule has 0 amide bonds. The summed E-state index contributed by atoms with van der Waals surface area (Å²) in [4.78, 5) is 2.44. The zero-order chi connectivity index (χ0) is 15.3. The summed E-state index contributed by atoms with van der Waals surface area (Å²) in [5.74, 6) is 0.835. The van der Waals surface area contributed by atoms with Crippen LogP contribution in [-0.2, 0) is 12.7 Å². The van der Waals surface area contributed by atoms with Crippen LogP contribution in [0.2, 0.25) is 0 Å². The molecule has 1 N–H and O–H groups in total. The molecule has 0 saturated carbocycles. The molecule has 21 heavy (non-hydrogen) atoms. The normalized spacial score (nSPS) is 18.1. The highest BCUT2D eigenvalue weighted by molar-refractivity contribution is 5.24. The van der Waals surface area contributed by atoms with Crippen molar-refractivity contribution < 1.29 is 13.2 Å². The maximum Gasteiger partial charge on any atom is 0.416 e. The van der Waals surface area contributed by atoms with Gasteiger partial charge in [-0.05, 0) is 49.5 Å². The lowest BCUT2D eigenvalue weighted by atomic mass is 9.99. The molecule has 0 bridgehead atoms. The average Bonchev–Trinajstić information content (AvgIpc) is 2.45. The van der Waals surface area contributed by atoms with Crippen LogP contribution in [0, 0.1) is 5.92 Å². The molecular weight excluding hydrogens is 277 g/mol. The Morgan fingerprint density at radius 2 is 1.76 bits per heavy atom. The second kappa shape index (κ2) is 7.27. The van der Waals surface area contributed by atoms with Crippen LogP contribution in [0.4, 0.5) is 13.2 Å². The minimum Gasteiger partial charge on any atom is -0.311 e. The van der Waals surface area contributed by atoms with E-state index in [0.717, 1.165) is 49.8 Å². The van der Waals surface area contributed by atoms with Crippen molar-refractivity contribution in [2.24, 2.45) is 5.92 Å². The van der Waals surface area contributed by atoms with E-state index < -0.39 is 11.7 Å². The zero-order valence-corrected chi connectivity index (χ0v) is 12.4. The summed E-state index contributed by atoms with van der Waals surface area (Å²) in [6, 6.07) is 5.36. The van der Waals surface area contributed by atoms with Gasteiger partial charge in [0.25, 0.3) is 0 Å². The van der Waals surface area contributed by atoms with Crippen LogP contribution in [0.5, 0.6) is 0 Å². The number of hydrogen-bond acceptors (Lipinski definition) is 2. The number of alkyl halides is 3. The van der Waals surface area contributed by atoms with Gasteiger partial charge in [-0.15, -0.1) is 0 Å². The largest absolute Gasteiger partial charge is 0.416 e. The van der Waals surface area contributed by atoms with E-state index in [-0.39, 0.29) is 0 Å². The number of benzene rings is 1. The molecule has 1 saturated heterocycles. The van der Waals surface area contributed by atoms with E-state index >= 15 is 0 Å². The van der Waals surface area contributed by atoms with Gasteiger partial charge in [0.1, 0.15) is 0 Å². The standard InChI is InChI=1S/C16H23F3N2/c1-13-6-9-21(10-7-13)11-8-20-12-14-2-4-15(5-3-14)16(17,18)19/h2-5,13,20H,6-12H2,1H3. The Balaban J connectivity index is 1.67. The average molecular weight is 300 g/mol. The van der Waals surface area contributed by atoms with Crippen LogP contribution >= 0.6 is 0 Å². The third-order valence-electron chi connectivity index (χ3n) is 4.09. The molecule has 0 unspecified atom stereocenters. The van der Waals surface area contributed by atoms with Gasteiger partial charge < -0.3 is 10.2 Å². The number of nitrogens with one attached hydrogen (secondary N) is 1. The lowest BCUT2D eigenvalue weighted by Gasteiger charge is -2.30. The number of halogens is 3. The Morgan fingerprint density at radius 1 is 1.14 bits per heavy atom. The SMILES string of the molecule is CC1CCN(CCNCc2ccc(C(F)(F)F)cc2)CC1. The molecule has 0 radical (unpaired) electrons. The van der Waals surface area contributed by atoms with Gasteiger partial charge in [0.2, 0.25) is 0 Å². The minimum absolute atomic E-state index is 0.589. The van der Waals surface area contributed by atoms with Gasteiger partial charge in [0.05, 0.1) is 5.56 Å². The fraction of sp³-hybridized carbons (Fsp3) is 0.625. The van der Waals surface area contributed by atoms with Gasteiger partial charge >= 0.3 is 6.18 Å². The molecule has 2 rings (SSSR count). The van der Waals surface area contributed by atoms with Gasteiger partial charge in [0, 0.05) is 19.6 Å². The molecule has 1 heterocycles. The van der Waals surface area contributed by atoms with Crippen LogP contribution in [0.1, 0.15) is 30.9 Å². The number of likely N-dealkylation sites (tertiary alicyclic amines) is 1. The van der Waals surface area contributed by atoms with E-state index in [0.29, 0.717) is 6.54 Å². The van der Waals surface area contributed by atoms with Crippen molar-refractivity contribution in [1.82, 2.24) is 10.2 Å². The molecule has 1 aromatic carbocycles. The van der Waals surface area contributed by atoms with Crippen LogP contribution in [-0.4, -0.2) is 31.1 Å². The molecular formula is C16H23F3N2. The molecule has 5 heteroatoms. The van der Waals surface area contributed by atoms with Crippen molar-refractivity contribution in [2.45, 2.75) is 32.5 Å². The summed E-state index contributed by atoms with van der Waals surface area (Å²) in [5, 5.41) is 3.30. The predicted molar refractivity (Wildman–Crippen MR) is 78.0 cm³/mol. The van der Waals surface area contributed by atoms with E-state index in [1.54, 1.807) is 12.1 Å². The number of hydrogen-bond donors (Lipinski definition) is 1. The van der Waals surface area contributed by atoms with Crippen molar-refractivity contribution in [3.63, 3.8) is 0 Å². The van der Waals surface area contributed by atoms with Crippen molar-refractivity contribution in [3.8, 4) is 0 Å². The molecule has 0 aromatic heterocycles. The molecule has 2 nitrogen and oxygen atoms in total. The van der Waals surface area contributed by atoms with E-state index in [4.69, 9.17) is 0 Å². The third-order valence-corrected chi connectivity index (χ3v) is 4.09.